The van der Waals surface area contributed by atoms with Gasteiger partial charge in [-0.25, -0.2) is 0 Å². The first-order valence-electron chi connectivity index (χ1n) is 6.45. The van der Waals surface area contributed by atoms with Crippen LogP contribution in [0.4, 0.5) is 0 Å². The highest BCUT2D eigenvalue weighted by Gasteiger charge is 2.20. The predicted octanol–water partition coefficient (Wildman–Crippen LogP) is 0.615. The zero-order valence-corrected chi connectivity index (χ0v) is 11.8. The van der Waals surface area contributed by atoms with E-state index < -0.39 is 0 Å². The lowest BCUT2D eigenvalue weighted by Crippen LogP contribution is -2.50. The first kappa shape index (κ1) is 14.1. The third kappa shape index (κ3) is 4.35. The Morgan fingerprint density at radius 3 is 2.84 bits per heavy atom. The number of hydrogen-bond acceptors (Lipinski definition) is 4. The normalized spacial score (nSPS) is 16.3. The van der Waals surface area contributed by atoms with E-state index in [2.05, 4.69) is 33.0 Å². The van der Waals surface area contributed by atoms with Crippen LogP contribution in [0.1, 0.15) is 5.56 Å². The molecule has 1 aromatic rings. The number of carbonyl (C=O) groups is 1. The summed E-state index contributed by atoms with van der Waals surface area (Å²) in [4.78, 5) is 16.2. The molecule has 1 N–H and O–H groups in total. The molecular weight excluding hydrogens is 258 g/mol. The lowest BCUT2D eigenvalue weighted by atomic mass is 10.2. The van der Waals surface area contributed by atoms with Gasteiger partial charge in [0.25, 0.3) is 0 Å². The van der Waals surface area contributed by atoms with Gasteiger partial charge < -0.3 is 4.90 Å². The molecule has 2 heterocycles. The average molecular weight is 277 g/mol. The van der Waals surface area contributed by atoms with Crippen LogP contribution in [0, 0.1) is 12.3 Å². The monoisotopic (exact) mass is 277 g/mol. The fraction of sp³-hybridized carbons (Fsp3) is 0.500. The van der Waals surface area contributed by atoms with Crippen molar-refractivity contribution < 1.29 is 4.79 Å². The Kier molecular flexibility index (Phi) is 5.40. The molecule has 5 heteroatoms. The molecule has 0 spiro atoms. The first-order valence-corrected chi connectivity index (χ1v) is 7.39. The molecule has 1 fully saturated rings. The minimum atomic E-state index is 0.144. The molecule has 1 aliphatic rings. The summed E-state index contributed by atoms with van der Waals surface area (Å²) in [6.45, 7) is 5.27. The van der Waals surface area contributed by atoms with E-state index in [0.29, 0.717) is 13.1 Å². The maximum Gasteiger partial charge on any atom is 0.236 e. The van der Waals surface area contributed by atoms with Crippen LogP contribution >= 0.6 is 11.3 Å². The highest BCUT2D eigenvalue weighted by molar-refractivity contribution is 7.07. The van der Waals surface area contributed by atoms with Crippen molar-refractivity contribution >= 4 is 17.2 Å². The van der Waals surface area contributed by atoms with E-state index in [-0.39, 0.29) is 5.91 Å². The molecule has 0 aliphatic carbocycles. The van der Waals surface area contributed by atoms with Crippen molar-refractivity contribution in [2.75, 3.05) is 39.3 Å². The number of carbonyl (C=O) groups excluding carboxylic acids is 1. The zero-order valence-electron chi connectivity index (χ0n) is 11.0. The van der Waals surface area contributed by atoms with Crippen LogP contribution < -0.4 is 5.32 Å². The molecule has 102 valence electrons. The molecule has 0 radical (unpaired) electrons. The van der Waals surface area contributed by atoms with Gasteiger partial charge in [0.2, 0.25) is 5.91 Å². The lowest BCUT2D eigenvalue weighted by Gasteiger charge is -2.34. The van der Waals surface area contributed by atoms with E-state index in [9.17, 15) is 4.79 Å². The van der Waals surface area contributed by atoms with E-state index >= 15 is 0 Å². The van der Waals surface area contributed by atoms with Gasteiger partial charge in [-0.1, -0.05) is 5.92 Å². The Hall–Kier alpha value is -1.35. The molecule has 1 aliphatic heterocycles. The summed E-state index contributed by atoms with van der Waals surface area (Å²) in [5, 5.41) is 7.23. The molecule has 1 amide bonds. The summed E-state index contributed by atoms with van der Waals surface area (Å²) in [5.41, 5.74) is 1.36. The van der Waals surface area contributed by atoms with Gasteiger partial charge in [-0.3, -0.25) is 15.0 Å². The quantitative estimate of drug-likeness (QED) is 0.633. The molecule has 0 saturated carbocycles. The van der Waals surface area contributed by atoms with Crippen LogP contribution in [0.25, 0.3) is 0 Å². The van der Waals surface area contributed by atoms with Crippen LogP contribution in [-0.4, -0.2) is 55.0 Å². The molecule has 0 unspecified atom stereocenters. The molecule has 0 bridgehead atoms. The smallest absolute Gasteiger partial charge is 0.236 e. The number of hydrogen-bond donors (Lipinski definition) is 1. The van der Waals surface area contributed by atoms with Gasteiger partial charge in [-0.05, 0) is 22.4 Å². The Bertz CT molecular complexity index is 430. The Morgan fingerprint density at radius 1 is 1.42 bits per heavy atom. The van der Waals surface area contributed by atoms with Crippen molar-refractivity contribution in [1.82, 2.24) is 15.1 Å². The Balaban J connectivity index is 1.70. The fourth-order valence-corrected chi connectivity index (χ4v) is 2.81. The van der Waals surface area contributed by atoms with E-state index in [1.165, 1.54) is 5.56 Å². The molecule has 0 atom stereocenters. The fourth-order valence-electron chi connectivity index (χ4n) is 2.15. The van der Waals surface area contributed by atoms with E-state index in [1.807, 2.05) is 4.90 Å². The second-order valence-electron chi connectivity index (χ2n) is 4.60. The lowest BCUT2D eigenvalue weighted by molar-refractivity contribution is -0.132. The van der Waals surface area contributed by atoms with E-state index in [4.69, 9.17) is 6.42 Å². The summed E-state index contributed by atoms with van der Waals surface area (Å²) >= 11 is 1.73. The molecule has 4 nitrogen and oxygen atoms in total. The van der Waals surface area contributed by atoms with Crippen LogP contribution in [-0.2, 0) is 11.3 Å². The number of piperazine rings is 1. The maximum atomic E-state index is 11.9. The minimum absolute atomic E-state index is 0.144. The minimum Gasteiger partial charge on any atom is -0.339 e. The second kappa shape index (κ2) is 7.29. The van der Waals surface area contributed by atoms with Gasteiger partial charge >= 0.3 is 0 Å². The standard InChI is InChI=1S/C14H19N3OS/c1-2-4-15-10-14(18)17-7-5-16(6-8-17)11-13-3-9-19-12-13/h1,3,9,12,15H,4-8,10-11H2. The average Bonchev–Trinajstić information content (AvgIpc) is 2.93. The van der Waals surface area contributed by atoms with Crippen molar-refractivity contribution in [3.05, 3.63) is 22.4 Å². The highest BCUT2D eigenvalue weighted by atomic mass is 32.1. The van der Waals surface area contributed by atoms with Crippen molar-refractivity contribution in [2.45, 2.75) is 6.54 Å². The molecule has 2 rings (SSSR count). The largest absolute Gasteiger partial charge is 0.339 e. The number of terminal acetylenes is 1. The number of amides is 1. The molecule has 0 aromatic carbocycles. The Morgan fingerprint density at radius 2 is 2.21 bits per heavy atom. The summed E-state index contributed by atoms with van der Waals surface area (Å²) < 4.78 is 0. The van der Waals surface area contributed by atoms with Gasteiger partial charge in [0.1, 0.15) is 0 Å². The first-order chi connectivity index (χ1) is 9.29. The molecule has 19 heavy (non-hydrogen) atoms. The van der Waals surface area contributed by atoms with Crippen LogP contribution in [0.2, 0.25) is 0 Å². The van der Waals surface area contributed by atoms with Gasteiger partial charge in [-0.2, -0.15) is 11.3 Å². The van der Waals surface area contributed by atoms with Gasteiger partial charge in [-0.15, -0.1) is 6.42 Å². The second-order valence-corrected chi connectivity index (χ2v) is 5.38. The summed E-state index contributed by atoms with van der Waals surface area (Å²) in [6, 6.07) is 2.16. The number of nitrogens with zero attached hydrogens (tertiary/aromatic N) is 2. The number of thiophene rings is 1. The third-order valence-electron chi connectivity index (χ3n) is 3.21. The SMILES string of the molecule is C#CCNCC(=O)N1CCN(Cc2ccsc2)CC1. The number of nitrogens with one attached hydrogen (secondary N) is 1. The van der Waals surface area contributed by atoms with Gasteiger partial charge in [0.15, 0.2) is 0 Å². The third-order valence-corrected chi connectivity index (χ3v) is 3.95. The predicted molar refractivity (Wildman–Crippen MR) is 77.9 cm³/mol. The number of rotatable bonds is 5. The van der Waals surface area contributed by atoms with Crippen molar-refractivity contribution in [2.24, 2.45) is 0 Å². The molecular formula is C14H19N3OS. The highest BCUT2D eigenvalue weighted by Crippen LogP contribution is 2.11. The van der Waals surface area contributed by atoms with Crippen LogP contribution in [0.3, 0.4) is 0 Å². The molecule has 1 saturated heterocycles. The van der Waals surface area contributed by atoms with Crippen LogP contribution in [0.15, 0.2) is 16.8 Å². The van der Waals surface area contributed by atoms with Crippen LogP contribution in [0.5, 0.6) is 0 Å². The van der Waals surface area contributed by atoms with Gasteiger partial charge in [0, 0.05) is 32.7 Å². The summed E-state index contributed by atoms with van der Waals surface area (Å²) in [7, 11) is 0. The van der Waals surface area contributed by atoms with Crippen molar-refractivity contribution in [3.63, 3.8) is 0 Å². The summed E-state index contributed by atoms with van der Waals surface area (Å²) in [6.07, 6.45) is 5.13. The Labute approximate surface area is 118 Å². The molecule has 1 aromatic heterocycles. The summed E-state index contributed by atoms with van der Waals surface area (Å²) in [5.74, 6) is 2.61. The van der Waals surface area contributed by atoms with Crippen molar-refractivity contribution in [3.8, 4) is 12.3 Å². The maximum absolute atomic E-state index is 11.9. The van der Waals surface area contributed by atoms with Gasteiger partial charge in [0.05, 0.1) is 13.1 Å². The van der Waals surface area contributed by atoms with E-state index in [1.54, 1.807) is 11.3 Å². The van der Waals surface area contributed by atoms with Crippen molar-refractivity contribution in [1.29, 1.82) is 0 Å². The van der Waals surface area contributed by atoms with E-state index in [0.717, 1.165) is 32.7 Å². The topological polar surface area (TPSA) is 35.6 Å². The zero-order chi connectivity index (χ0) is 13.5.